The molecule has 1 aromatic carbocycles. The molecule has 9 heteroatoms. The Morgan fingerprint density at radius 3 is 2.69 bits per heavy atom. The first-order valence-corrected chi connectivity index (χ1v) is 9.49. The van der Waals surface area contributed by atoms with Crippen LogP contribution < -0.4 is 10.3 Å². The zero-order chi connectivity index (χ0) is 18.8. The second-order valence-corrected chi connectivity index (χ2v) is 6.14. The van der Waals surface area contributed by atoms with E-state index in [1.165, 1.54) is 17.4 Å². The Bertz CT molecular complexity index is 712. The van der Waals surface area contributed by atoms with E-state index >= 15 is 0 Å². The quantitative estimate of drug-likeness (QED) is 0.285. The van der Waals surface area contributed by atoms with Gasteiger partial charge in [-0.25, -0.2) is 10.5 Å². The number of benzene rings is 1. The minimum Gasteiger partial charge on any atom is -0.465 e. The molecule has 0 aliphatic rings. The molecule has 26 heavy (non-hydrogen) atoms. The van der Waals surface area contributed by atoms with Gasteiger partial charge in [-0.1, -0.05) is 23.9 Å². The van der Waals surface area contributed by atoms with Crippen LogP contribution in [0.1, 0.15) is 26.3 Å². The van der Waals surface area contributed by atoms with E-state index in [9.17, 15) is 4.79 Å². The van der Waals surface area contributed by atoms with Crippen LogP contribution in [-0.4, -0.2) is 52.8 Å². The minimum atomic E-state index is -0.289. The van der Waals surface area contributed by atoms with Crippen molar-refractivity contribution in [3.63, 3.8) is 0 Å². The molecule has 0 saturated heterocycles. The van der Waals surface area contributed by atoms with Gasteiger partial charge < -0.3 is 9.64 Å². The first-order chi connectivity index (χ1) is 12.7. The van der Waals surface area contributed by atoms with Crippen LogP contribution in [0.4, 0.5) is 11.6 Å². The summed E-state index contributed by atoms with van der Waals surface area (Å²) in [6.07, 6.45) is 1.71. The molecule has 0 aliphatic carbocycles. The summed E-state index contributed by atoms with van der Waals surface area (Å²) in [5.41, 5.74) is 4.96. The molecular formula is C17H24N6O2S. The molecule has 0 saturated carbocycles. The Morgan fingerprint density at radius 2 is 2.04 bits per heavy atom. The van der Waals surface area contributed by atoms with Crippen LogP contribution in [0.5, 0.6) is 0 Å². The van der Waals surface area contributed by atoms with Gasteiger partial charge in [-0.15, -0.1) is 5.10 Å². The van der Waals surface area contributed by atoms with Crippen molar-refractivity contribution >= 4 is 35.6 Å². The van der Waals surface area contributed by atoms with Crippen molar-refractivity contribution < 1.29 is 9.53 Å². The number of hydrogen-bond acceptors (Lipinski definition) is 8. The van der Waals surface area contributed by atoms with Gasteiger partial charge in [0.15, 0.2) is 0 Å². The second-order valence-electron chi connectivity index (χ2n) is 5.19. The molecule has 0 radical (unpaired) electrons. The molecule has 0 aliphatic heterocycles. The lowest BCUT2D eigenvalue weighted by Crippen LogP contribution is -2.21. The molecule has 0 amide bonds. The number of thioether (sulfide) groups is 1. The van der Waals surface area contributed by atoms with Crippen molar-refractivity contribution in [2.45, 2.75) is 25.9 Å². The van der Waals surface area contributed by atoms with Crippen LogP contribution in [0.3, 0.4) is 0 Å². The average molecular weight is 376 g/mol. The van der Waals surface area contributed by atoms with Gasteiger partial charge in [-0.05, 0) is 38.5 Å². The number of esters is 1. The Balaban J connectivity index is 1.84. The first-order valence-electron chi connectivity index (χ1n) is 8.51. The third kappa shape index (κ3) is 6.07. The summed E-state index contributed by atoms with van der Waals surface area (Å²) < 4.78 is 4.85. The molecule has 2 rings (SSSR count). The first kappa shape index (κ1) is 19.8. The van der Waals surface area contributed by atoms with E-state index in [-0.39, 0.29) is 11.7 Å². The number of ether oxygens (including phenoxy) is 1. The molecule has 1 heterocycles. The van der Waals surface area contributed by atoms with Crippen molar-refractivity contribution in [3.05, 3.63) is 29.8 Å². The van der Waals surface area contributed by atoms with Gasteiger partial charge in [0.1, 0.15) is 0 Å². The van der Waals surface area contributed by atoms with Gasteiger partial charge in [0.2, 0.25) is 11.1 Å². The number of anilines is 2. The van der Waals surface area contributed by atoms with E-state index < -0.39 is 0 Å². The van der Waals surface area contributed by atoms with Gasteiger partial charge in [-0.2, -0.15) is 10.1 Å². The lowest BCUT2D eigenvalue weighted by molar-refractivity contribution is -0.139. The largest absolute Gasteiger partial charge is 0.465 e. The summed E-state index contributed by atoms with van der Waals surface area (Å²) in [7, 11) is 0. The molecule has 8 nitrogen and oxygen atoms in total. The molecule has 0 bridgehead atoms. The molecular weight excluding hydrogens is 352 g/mol. The zero-order valence-electron chi connectivity index (χ0n) is 15.2. The highest BCUT2D eigenvalue weighted by atomic mass is 32.2. The van der Waals surface area contributed by atoms with E-state index in [0.29, 0.717) is 17.7 Å². The predicted molar refractivity (Wildman–Crippen MR) is 105 cm³/mol. The van der Waals surface area contributed by atoms with Crippen LogP contribution >= 0.6 is 11.8 Å². The number of hydrogen-bond donors (Lipinski definition) is 2. The number of carbonyl (C=O) groups excluding carboxylic acids is 1. The number of aromatic amines is 1. The number of aromatic nitrogens is 3. The van der Waals surface area contributed by atoms with Crippen molar-refractivity contribution in [2.75, 3.05) is 35.8 Å². The molecule has 2 N–H and O–H groups in total. The lowest BCUT2D eigenvalue weighted by atomic mass is 10.2. The van der Waals surface area contributed by atoms with E-state index in [1.54, 1.807) is 13.1 Å². The van der Waals surface area contributed by atoms with Crippen LogP contribution in [0.15, 0.2) is 34.5 Å². The number of H-pyrrole nitrogens is 1. The van der Waals surface area contributed by atoms with Gasteiger partial charge in [-0.3, -0.25) is 4.79 Å². The summed E-state index contributed by atoms with van der Waals surface area (Å²) >= 11 is 1.20. The fourth-order valence-corrected chi connectivity index (χ4v) is 2.81. The van der Waals surface area contributed by atoms with E-state index in [0.717, 1.165) is 18.7 Å². The van der Waals surface area contributed by atoms with Gasteiger partial charge in [0.25, 0.3) is 0 Å². The van der Waals surface area contributed by atoms with Crippen molar-refractivity contribution in [1.82, 2.24) is 15.2 Å². The summed E-state index contributed by atoms with van der Waals surface area (Å²) in [5, 5.41) is 11.3. The molecule has 0 unspecified atom stereocenters. The van der Waals surface area contributed by atoms with E-state index in [4.69, 9.17) is 4.74 Å². The Labute approximate surface area is 157 Å². The minimum absolute atomic E-state index is 0.174. The van der Waals surface area contributed by atoms with Gasteiger partial charge in [0.05, 0.1) is 18.6 Å². The fraction of sp³-hybridized carbons (Fsp3) is 0.412. The molecule has 140 valence electrons. The van der Waals surface area contributed by atoms with Gasteiger partial charge in [0, 0.05) is 18.8 Å². The third-order valence-electron chi connectivity index (χ3n) is 3.50. The summed E-state index contributed by atoms with van der Waals surface area (Å²) in [5.74, 6) is 0.295. The van der Waals surface area contributed by atoms with E-state index in [2.05, 4.69) is 56.6 Å². The number of rotatable bonds is 10. The monoisotopic (exact) mass is 376 g/mol. The van der Waals surface area contributed by atoms with Crippen LogP contribution in [0.25, 0.3) is 0 Å². The number of nitrogens with one attached hydrogen (secondary N) is 2. The summed E-state index contributed by atoms with van der Waals surface area (Å²) in [6.45, 7) is 8.37. The Morgan fingerprint density at radius 1 is 1.31 bits per heavy atom. The average Bonchev–Trinajstić information content (AvgIpc) is 3.10. The topological polar surface area (TPSA) is 95.5 Å². The molecule has 0 fully saturated rings. The maximum atomic E-state index is 11.3. The summed E-state index contributed by atoms with van der Waals surface area (Å²) in [6, 6.07) is 8.18. The van der Waals surface area contributed by atoms with E-state index in [1.807, 2.05) is 12.1 Å². The van der Waals surface area contributed by atoms with Gasteiger partial charge >= 0.3 is 5.97 Å². The highest BCUT2D eigenvalue weighted by Gasteiger charge is 2.07. The van der Waals surface area contributed by atoms with Crippen molar-refractivity contribution in [1.29, 1.82) is 0 Å². The SMILES string of the molecule is CCOC(=O)CSc1n[nH]c(N/N=C\c2ccc(N(CC)CC)cc2)n1. The van der Waals surface area contributed by atoms with Crippen LogP contribution in [0.2, 0.25) is 0 Å². The second kappa shape index (κ2) is 10.4. The highest BCUT2D eigenvalue weighted by Crippen LogP contribution is 2.15. The number of hydrazone groups is 1. The molecule has 2 aromatic rings. The molecule has 0 spiro atoms. The third-order valence-corrected chi connectivity index (χ3v) is 4.32. The van der Waals surface area contributed by atoms with Crippen molar-refractivity contribution in [2.24, 2.45) is 5.10 Å². The summed E-state index contributed by atoms with van der Waals surface area (Å²) in [4.78, 5) is 17.8. The highest BCUT2D eigenvalue weighted by molar-refractivity contribution is 7.99. The van der Waals surface area contributed by atoms with Crippen LogP contribution in [-0.2, 0) is 9.53 Å². The smallest absolute Gasteiger partial charge is 0.316 e. The standard InChI is InChI=1S/C17H24N6O2S/c1-4-23(5-2)14-9-7-13(8-10-14)11-18-20-16-19-17(22-21-16)26-12-15(24)25-6-3/h7-11H,4-6,12H2,1-3H3,(H2,19,20,21,22)/b18-11-. The Kier molecular flexibility index (Phi) is 7.94. The fourth-order valence-electron chi connectivity index (χ4n) is 2.22. The van der Waals surface area contributed by atoms with Crippen molar-refractivity contribution in [3.8, 4) is 0 Å². The molecule has 1 aromatic heterocycles. The Hall–Kier alpha value is -2.55. The number of carbonyl (C=O) groups is 1. The predicted octanol–water partition coefficient (Wildman–Crippen LogP) is 2.75. The van der Waals surface area contributed by atoms with Crippen LogP contribution in [0, 0.1) is 0 Å². The maximum Gasteiger partial charge on any atom is 0.316 e. The number of nitrogens with zero attached hydrogens (tertiary/aromatic N) is 4. The molecule has 0 atom stereocenters. The zero-order valence-corrected chi connectivity index (χ0v) is 16.0. The lowest BCUT2D eigenvalue weighted by Gasteiger charge is -2.20. The normalized spacial score (nSPS) is 10.9. The maximum absolute atomic E-state index is 11.3.